The highest BCUT2D eigenvalue weighted by atomic mass is 35.5. The second-order valence-corrected chi connectivity index (χ2v) is 5.59. The summed E-state index contributed by atoms with van der Waals surface area (Å²) in [6, 6.07) is 11.3. The summed E-state index contributed by atoms with van der Waals surface area (Å²) < 4.78 is 0. The van der Waals surface area contributed by atoms with E-state index in [-0.39, 0.29) is 32.4 Å². The third-order valence-corrected chi connectivity index (χ3v) is 4.33. The quantitative estimate of drug-likeness (QED) is 0.836. The number of halogens is 2. The first-order valence-corrected chi connectivity index (χ1v) is 7.30. The third kappa shape index (κ3) is 2.81. The second-order valence-electron chi connectivity index (χ2n) is 4.84. The minimum Gasteiger partial charge on any atom is -0.353 e. The van der Waals surface area contributed by atoms with Gasteiger partial charge in [-0.1, -0.05) is 35.3 Å². The summed E-state index contributed by atoms with van der Waals surface area (Å²) >= 11 is 12.2. The van der Waals surface area contributed by atoms with Gasteiger partial charge in [0.1, 0.15) is 18.2 Å². The zero-order valence-electron chi connectivity index (χ0n) is 12.3. The number of nitrogens with zero attached hydrogens (tertiary/aromatic N) is 3. The first-order chi connectivity index (χ1) is 11.0. The van der Waals surface area contributed by atoms with Crippen LogP contribution in [-0.4, -0.2) is 0 Å². The van der Waals surface area contributed by atoms with Crippen LogP contribution in [0.2, 0.25) is 10.0 Å². The topological polar surface area (TPSA) is 83.4 Å². The molecular formula is C17H10Cl2N4. The van der Waals surface area contributed by atoms with E-state index in [0.29, 0.717) is 0 Å². The van der Waals surface area contributed by atoms with Gasteiger partial charge in [0.2, 0.25) is 0 Å². The van der Waals surface area contributed by atoms with Gasteiger partial charge in [-0.2, -0.15) is 15.8 Å². The molecule has 2 aromatic rings. The smallest absolute Gasteiger partial charge is 0.103 e. The Labute approximate surface area is 144 Å². The lowest BCUT2D eigenvalue weighted by Crippen LogP contribution is -2.03. The van der Waals surface area contributed by atoms with Crippen molar-refractivity contribution in [3.8, 4) is 18.2 Å². The molecule has 2 aromatic carbocycles. The lowest BCUT2D eigenvalue weighted by Gasteiger charge is -2.16. The molecule has 0 unspecified atom stereocenters. The maximum atomic E-state index is 9.40. The zero-order valence-corrected chi connectivity index (χ0v) is 13.8. The highest BCUT2D eigenvalue weighted by molar-refractivity contribution is 6.39. The van der Waals surface area contributed by atoms with Gasteiger partial charge in [0.15, 0.2) is 0 Å². The first kappa shape index (κ1) is 16.7. The summed E-state index contributed by atoms with van der Waals surface area (Å²) in [7, 11) is 0. The lowest BCUT2D eigenvalue weighted by atomic mass is 10.0. The van der Waals surface area contributed by atoms with E-state index in [0.717, 1.165) is 16.8 Å². The average molecular weight is 341 g/mol. The zero-order chi connectivity index (χ0) is 17.1. The van der Waals surface area contributed by atoms with Crippen molar-refractivity contribution in [3.05, 3.63) is 56.1 Å². The summed E-state index contributed by atoms with van der Waals surface area (Å²) in [6.07, 6.45) is 0. The number of anilines is 2. The fourth-order valence-corrected chi connectivity index (χ4v) is 2.74. The molecule has 0 saturated carbocycles. The minimum atomic E-state index is -0.0760. The van der Waals surface area contributed by atoms with Crippen molar-refractivity contribution in [1.29, 1.82) is 15.8 Å². The van der Waals surface area contributed by atoms with Crippen LogP contribution in [0.4, 0.5) is 11.4 Å². The Bertz CT molecular complexity index is 887. The van der Waals surface area contributed by atoms with E-state index < -0.39 is 0 Å². The Hall–Kier alpha value is -2.71. The van der Waals surface area contributed by atoms with Crippen LogP contribution in [0, 0.1) is 47.8 Å². The summed E-state index contributed by atoms with van der Waals surface area (Å²) in [6.45, 7) is 3.87. The molecular weight excluding hydrogens is 331 g/mol. The van der Waals surface area contributed by atoms with E-state index in [9.17, 15) is 10.5 Å². The molecule has 0 aliphatic rings. The molecule has 0 bridgehead atoms. The van der Waals surface area contributed by atoms with Crippen molar-refractivity contribution in [1.82, 2.24) is 0 Å². The lowest BCUT2D eigenvalue weighted by molar-refractivity contribution is 1.32. The van der Waals surface area contributed by atoms with Gasteiger partial charge >= 0.3 is 0 Å². The maximum absolute atomic E-state index is 9.40. The van der Waals surface area contributed by atoms with E-state index in [1.165, 1.54) is 0 Å². The highest BCUT2D eigenvalue weighted by Gasteiger charge is 2.23. The molecule has 23 heavy (non-hydrogen) atoms. The number of nitrogens with one attached hydrogen (secondary N) is 1. The Kier molecular flexibility index (Phi) is 4.77. The fourth-order valence-electron chi connectivity index (χ4n) is 2.15. The van der Waals surface area contributed by atoms with Gasteiger partial charge in [0.25, 0.3) is 0 Å². The normalized spacial score (nSPS) is 9.61. The van der Waals surface area contributed by atoms with Crippen molar-refractivity contribution >= 4 is 34.6 Å². The van der Waals surface area contributed by atoms with E-state index >= 15 is 0 Å². The Morgan fingerprint density at radius 2 is 1.39 bits per heavy atom. The van der Waals surface area contributed by atoms with Gasteiger partial charge in [0.05, 0.1) is 32.4 Å². The van der Waals surface area contributed by atoms with Crippen LogP contribution in [0.5, 0.6) is 0 Å². The van der Waals surface area contributed by atoms with E-state index in [1.807, 2.05) is 50.3 Å². The van der Waals surface area contributed by atoms with Crippen molar-refractivity contribution in [3.63, 3.8) is 0 Å². The number of hydrogen-bond acceptors (Lipinski definition) is 4. The maximum Gasteiger partial charge on any atom is 0.103 e. The van der Waals surface area contributed by atoms with Crippen LogP contribution in [-0.2, 0) is 0 Å². The largest absolute Gasteiger partial charge is 0.353 e. The fraction of sp³-hybridized carbons (Fsp3) is 0.118. The number of nitriles is 3. The monoisotopic (exact) mass is 340 g/mol. The molecule has 4 nitrogen and oxygen atoms in total. The number of benzene rings is 2. The van der Waals surface area contributed by atoms with Crippen molar-refractivity contribution in [2.24, 2.45) is 0 Å². The summed E-state index contributed by atoms with van der Waals surface area (Å²) in [5.41, 5.74) is 2.92. The Morgan fingerprint density at radius 1 is 0.870 bits per heavy atom. The van der Waals surface area contributed by atoms with Crippen molar-refractivity contribution < 1.29 is 0 Å². The molecule has 112 valence electrons. The van der Waals surface area contributed by atoms with Crippen LogP contribution in [0.1, 0.15) is 27.8 Å². The molecule has 6 heteroatoms. The predicted molar refractivity (Wildman–Crippen MR) is 89.8 cm³/mol. The number of rotatable bonds is 2. The highest BCUT2D eigenvalue weighted by Crippen LogP contribution is 2.39. The van der Waals surface area contributed by atoms with Gasteiger partial charge in [-0.15, -0.1) is 0 Å². The molecule has 0 amide bonds. The Balaban J connectivity index is 2.78. The van der Waals surface area contributed by atoms with Crippen LogP contribution >= 0.6 is 23.2 Å². The van der Waals surface area contributed by atoms with Crippen LogP contribution in [0.15, 0.2) is 18.2 Å². The third-order valence-electron chi connectivity index (χ3n) is 3.58. The molecule has 0 aliphatic carbocycles. The Morgan fingerprint density at radius 3 is 1.87 bits per heavy atom. The van der Waals surface area contributed by atoms with Gasteiger partial charge in [-0.3, -0.25) is 0 Å². The SMILES string of the molecule is Cc1cccc(Nc2c(C#N)c(Cl)c(C#N)c(Cl)c2C#N)c1C. The predicted octanol–water partition coefficient (Wildman–Crippen LogP) is 4.97. The summed E-state index contributed by atoms with van der Waals surface area (Å²) in [5.74, 6) is 0. The molecule has 0 spiro atoms. The molecule has 1 N–H and O–H groups in total. The number of hydrogen-bond donors (Lipinski definition) is 1. The van der Waals surface area contributed by atoms with E-state index in [1.54, 1.807) is 0 Å². The van der Waals surface area contributed by atoms with Crippen LogP contribution < -0.4 is 5.32 Å². The van der Waals surface area contributed by atoms with Gasteiger partial charge < -0.3 is 5.32 Å². The summed E-state index contributed by atoms with van der Waals surface area (Å²) in [5, 5.41) is 30.9. The second kappa shape index (κ2) is 6.59. The molecule has 0 aliphatic heterocycles. The van der Waals surface area contributed by atoms with Crippen LogP contribution in [0.3, 0.4) is 0 Å². The van der Waals surface area contributed by atoms with Gasteiger partial charge in [0, 0.05) is 5.69 Å². The molecule has 0 heterocycles. The minimum absolute atomic E-state index is 0.0186. The standard InChI is InChI=1S/C17H10Cl2N4/c1-9-4-3-5-14(10(9)2)23-17-12(7-21)15(18)11(6-20)16(19)13(17)8-22/h3-5,23H,1-2H3. The molecule has 0 radical (unpaired) electrons. The molecule has 0 atom stereocenters. The van der Waals surface area contributed by atoms with Gasteiger partial charge in [-0.05, 0) is 31.0 Å². The number of aryl methyl sites for hydroxylation is 1. The molecule has 0 aromatic heterocycles. The molecule has 0 saturated heterocycles. The van der Waals surface area contributed by atoms with E-state index in [4.69, 9.17) is 28.5 Å². The summed E-state index contributed by atoms with van der Waals surface area (Å²) in [4.78, 5) is 0. The van der Waals surface area contributed by atoms with Gasteiger partial charge in [-0.25, -0.2) is 0 Å². The molecule has 0 fully saturated rings. The first-order valence-electron chi connectivity index (χ1n) is 6.54. The van der Waals surface area contributed by atoms with Crippen LogP contribution in [0.25, 0.3) is 0 Å². The molecule has 2 rings (SSSR count). The van der Waals surface area contributed by atoms with Crippen molar-refractivity contribution in [2.45, 2.75) is 13.8 Å². The van der Waals surface area contributed by atoms with Crippen molar-refractivity contribution in [2.75, 3.05) is 5.32 Å². The average Bonchev–Trinajstić information content (AvgIpc) is 2.53. The van der Waals surface area contributed by atoms with E-state index in [2.05, 4.69) is 5.32 Å².